The highest BCUT2D eigenvalue weighted by Crippen LogP contribution is 2.38. The van der Waals surface area contributed by atoms with Gasteiger partial charge in [0.1, 0.15) is 12.4 Å². The fraction of sp³-hybridized carbons (Fsp3) is 0.200. The maximum atomic E-state index is 5.84. The minimum atomic E-state index is 0.694. The van der Waals surface area contributed by atoms with E-state index in [0.29, 0.717) is 6.61 Å². The van der Waals surface area contributed by atoms with Crippen molar-refractivity contribution in [3.8, 4) is 5.75 Å². The molecule has 1 aromatic carbocycles. The average molecular weight is 242 g/mol. The number of benzene rings is 1. The summed E-state index contributed by atoms with van der Waals surface area (Å²) in [6.07, 6.45) is 2.48. The molecule has 1 aliphatic carbocycles. The Labute approximate surface area is 105 Å². The Balaban J connectivity index is 1.74. The van der Waals surface area contributed by atoms with Gasteiger partial charge in [0.25, 0.3) is 0 Å². The lowest BCUT2D eigenvalue weighted by Crippen LogP contribution is -1.99. The normalized spacial score (nSPS) is 13.5. The van der Waals surface area contributed by atoms with Gasteiger partial charge in [-0.2, -0.15) is 0 Å². The molecule has 1 nitrogen and oxygen atoms in total. The first-order valence-electron chi connectivity index (χ1n) is 5.86. The van der Waals surface area contributed by atoms with Crippen molar-refractivity contribution < 1.29 is 4.74 Å². The molecule has 0 spiro atoms. The quantitative estimate of drug-likeness (QED) is 0.773. The molecule has 1 fully saturated rings. The van der Waals surface area contributed by atoms with E-state index in [1.54, 1.807) is 16.9 Å². The third-order valence-electron chi connectivity index (χ3n) is 2.87. The highest BCUT2D eigenvalue weighted by molar-refractivity contribution is 7.11. The maximum Gasteiger partial charge on any atom is 0.119 e. The van der Waals surface area contributed by atoms with Crippen LogP contribution in [0.3, 0.4) is 0 Å². The summed E-state index contributed by atoms with van der Waals surface area (Å²) in [6, 6.07) is 14.3. The standard InChI is InChI=1S/C15H14OS/c1-2-5-13(6-3-1)16-11-14(12-8-9-12)15-7-4-10-17-15/h1-7,10H,8-9,11H2. The number of hydrogen-bond donors (Lipinski definition) is 0. The van der Waals surface area contributed by atoms with Crippen molar-refractivity contribution in [2.75, 3.05) is 6.61 Å². The topological polar surface area (TPSA) is 9.23 Å². The predicted octanol–water partition coefficient (Wildman–Crippen LogP) is 4.37. The van der Waals surface area contributed by atoms with Crippen molar-refractivity contribution in [2.45, 2.75) is 12.8 Å². The fourth-order valence-electron chi connectivity index (χ4n) is 1.83. The van der Waals surface area contributed by atoms with Gasteiger partial charge < -0.3 is 4.74 Å². The summed E-state index contributed by atoms with van der Waals surface area (Å²) in [5.41, 5.74) is 2.95. The molecular formula is C15H14OS. The van der Waals surface area contributed by atoms with Crippen molar-refractivity contribution in [2.24, 2.45) is 0 Å². The van der Waals surface area contributed by atoms with E-state index in [9.17, 15) is 0 Å². The van der Waals surface area contributed by atoms with Crippen LogP contribution in [0.15, 0.2) is 53.4 Å². The molecule has 1 aromatic heterocycles. The Morgan fingerprint density at radius 2 is 1.88 bits per heavy atom. The highest BCUT2D eigenvalue weighted by Gasteiger charge is 2.19. The molecule has 0 N–H and O–H groups in total. The van der Waals surface area contributed by atoms with Gasteiger partial charge in [-0.1, -0.05) is 29.8 Å². The van der Waals surface area contributed by atoms with Crippen LogP contribution < -0.4 is 4.74 Å². The summed E-state index contributed by atoms with van der Waals surface area (Å²) in [4.78, 5) is 1.36. The van der Waals surface area contributed by atoms with Crippen LogP contribution >= 0.6 is 11.3 Å². The summed E-state index contributed by atoms with van der Waals surface area (Å²) in [7, 11) is 0. The lowest BCUT2D eigenvalue weighted by molar-refractivity contribution is 0.370. The first-order chi connectivity index (χ1) is 8.43. The largest absolute Gasteiger partial charge is 0.489 e. The van der Waals surface area contributed by atoms with E-state index in [-0.39, 0.29) is 0 Å². The molecule has 0 amide bonds. The Kier molecular flexibility index (Phi) is 2.97. The number of thiophene rings is 1. The van der Waals surface area contributed by atoms with Gasteiger partial charge >= 0.3 is 0 Å². The Bertz CT molecular complexity index is 505. The van der Waals surface area contributed by atoms with Crippen LogP contribution in [-0.2, 0) is 0 Å². The first kappa shape index (κ1) is 10.6. The van der Waals surface area contributed by atoms with Crippen LogP contribution in [0, 0.1) is 0 Å². The molecule has 17 heavy (non-hydrogen) atoms. The number of allylic oxidation sites excluding steroid dienone is 1. The fourth-order valence-corrected chi connectivity index (χ4v) is 2.64. The van der Waals surface area contributed by atoms with Gasteiger partial charge in [0.2, 0.25) is 0 Å². The van der Waals surface area contributed by atoms with E-state index in [1.165, 1.54) is 23.3 Å². The van der Waals surface area contributed by atoms with Gasteiger partial charge in [-0.25, -0.2) is 0 Å². The molecule has 1 saturated carbocycles. The molecular weight excluding hydrogens is 228 g/mol. The number of hydrogen-bond acceptors (Lipinski definition) is 2. The molecule has 2 aromatic rings. The van der Waals surface area contributed by atoms with Crippen LogP contribution in [0.1, 0.15) is 17.7 Å². The molecule has 86 valence electrons. The molecule has 1 aliphatic rings. The van der Waals surface area contributed by atoms with Crippen LogP contribution in [-0.4, -0.2) is 6.61 Å². The number of para-hydroxylation sites is 1. The monoisotopic (exact) mass is 242 g/mol. The molecule has 3 rings (SSSR count). The van der Waals surface area contributed by atoms with Gasteiger partial charge in [0.15, 0.2) is 0 Å². The third kappa shape index (κ3) is 2.59. The molecule has 0 unspecified atom stereocenters. The van der Waals surface area contributed by atoms with Gasteiger partial charge in [-0.05, 0) is 36.4 Å². The van der Waals surface area contributed by atoms with E-state index < -0.39 is 0 Å². The zero-order valence-electron chi connectivity index (χ0n) is 9.56. The van der Waals surface area contributed by atoms with E-state index >= 15 is 0 Å². The highest BCUT2D eigenvalue weighted by atomic mass is 32.1. The van der Waals surface area contributed by atoms with Crippen LogP contribution in [0.4, 0.5) is 0 Å². The van der Waals surface area contributed by atoms with Crippen LogP contribution in [0.25, 0.3) is 5.57 Å². The average Bonchev–Trinajstić information content (AvgIpc) is 3.06. The Morgan fingerprint density at radius 1 is 1.06 bits per heavy atom. The van der Waals surface area contributed by atoms with Crippen molar-refractivity contribution in [1.29, 1.82) is 0 Å². The second-order valence-electron chi connectivity index (χ2n) is 4.16. The van der Waals surface area contributed by atoms with Crippen molar-refractivity contribution >= 4 is 16.9 Å². The SMILES string of the molecule is c1ccc(OCC(=C2CC2)c2cccs2)cc1. The molecule has 0 saturated heterocycles. The molecule has 0 bridgehead atoms. The van der Waals surface area contributed by atoms with E-state index in [4.69, 9.17) is 4.74 Å². The summed E-state index contributed by atoms with van der Waals surface area (Å²) in [6.45, 7) is 0.694. The zero-order valence-corrected chi connectivity index (χ0v) is 10.4. The Morgan fingerprint density at radius 3 is 2.53 bits per heavy atom. The van der Waals surface area contributed by atoms with Crippen LogP contribution in [0.5, 0.6) is 5.75 Å². The van der Waals surface area contributed by atoms with Crippen molar-refractivity contribution in [3.63, 3.8) is 0 Å². The molecule has 0 atom stereocenters. The second kappa shape index (κ2) is 4.76. The number of ether oxygens (including phenoxy) is 1. The van der Waals surface area contributed by atoms with Gasteiger partial charge in [0.05, 0.1) is 0 Å². The molecule has 1 heterocycles. The minimum absolute atomic E-state index is 0.694. The van der Waals surface area contributed by atoms with Crippen LogP contribution in [0.2, 0.25) is 0 Å². The zero-order chi connectivity index (χ0) is 11.5. The summed E-state index contributed by atoms with van der Waals surface area (Å²) < 4.78 is 5.84. The van der Waals surface area contributed by atoms with Gasteiger partial charge in [-0.3, -0.25) is 0 Å². The molecule has 0 radical (unpaired) electrons. The van der Waals surface area contributed by atoms with Gasteiger partial charge in [-0.15, -0.1) is 11.3 Å². The molecule has 0 aliphatic heterocycles. The maximum absolute atomic E-state index is 5.84. The smallest absolute Gasteiger partial charge is 0.119 e. The lowest BCUT2D eigenvalue weighted by Gasteiger charge is -2.08. The minimum Gasteiger partial charge on any atom is -0.489 e. The van der Waals surface area contributed by atoms with Crippen molar-refractivity contribution in [1.82, 2.24) is 0 Å². The summed E-state index contributed by atoms with van der Waals surface area (Å²) in [5, 5.41) is 2.13. The third-order valence-corrected chi connectivity index (χ3v) is 3.80. The van der Waals surface area contributed by atoms with E-state index in [0.717, 1.165) is 5.75 Å². The van der Waals surface area contributed by atoms with E-state index in [2.05, 4.69) is 17.5 Å². The molecule has 2 heteroatoms. The van der Waals surface area contributed by atoms with Gasteiger partial charge in [0, 0.05) is 10.5 Å². The summed E-state index contributed by atoms with van der Waals surface area (Å²) >= 11 is 1.80. The van der Waals surface area contributed by atoms with Crippen molar-refractivity contribution in [3.05, 3.63) is 58.3 Å². The van der Waals surface area contributed by atoms with E-state index in [1.807, 2.05) is 30.3 Å². The summed E-state index contributed by atoms with van der Waals surface area (Å²) in [5.74, 6) is 0.947. The second-order valence-corrected chi connectivity index (χ2v) is 5.11. The predicted molar refractivity (Wildman–Crippen MR) is 72.4 cm³/mol. The lowest BCUT2D eigenvalue weighted by atomic mass is 10.2. The first-order valence-corrected chi connectivity index (χ1v) is 6.74. The number of rotatable bonds is 4. The Hall–Kier alpha value is -1.54.